The summed E-state index contributed by atoms with van der Waals surface area (Å²) >= 11 is 0. The molecule has 1 heteroatoms. The molecule has 0 fully saturated rings. The van der Waals surface area contributed by atoms with E-state index in [1.54, 1.807) is 0 Å². The Labute approximate surface area is 75.9 Å². The smallest absolute Gasteiger partial charge is 0.0221 e. The van der Waals surface area contributed by atoms with Crippen LogP contribution in [0.25, 0.3) is 0 Å². The van der Waals surface area contributed by atoms with Crippen LogP contribution >= 0.6 is 0 Å². The van der Waals surface area contributed by atoms with Crippen LogP contribution in [-0.4, -0.2) is 6.21 Å². The average molecular weight is 165 g/mol. The van der Waals surface area contributed by atoms with E-state index in [4.69, 9.17) is 0 Å². The molecule has 0 aliphatic heterocycles. The lowest BCUT2D eigenvalue weighted by Gasteiger charge is -2.12. The molecule has 68 valence electrons. The summed E-state index contributed by atoms with van der Waals surface area (Å²) in [6, 6.07) is 0. The van der Waals surface area contributed by atoms with Crippen LogP contribution in [-0.2, 0) is 0 Å². The first-order valence-electron chi connectivity index (χ1n) is 4.45. The fourth-order valence-corrected chi connectivity index (χ4v) is 0.786. The van der Waals surface area contributed by atoms with E-state index in [-0.39, 0.29) is 5.41 Å². The van der Waals surface area contributed by atoms with E-state index in [2.05, 4.69) is 37.9 Å². The second kappa shape index (κ2) is 5.76. The van der Waals surface area contributed by atoms with Crippen molar-refractivity contribution < 1.29 is 0 Å². The van der Waals surface area contributed by atoms with Gasteiger partial charge in [-0.25, -0.2) is 0 Å². The lowest BCUT2D eigenvalue weighted by atomic mass is 9.94. The molecule has 0 amide bonds. The van der Waals surface area contributed by atoms with Crippen molar-refractivity contribution in [2.24, 2.45) is 10.4 Å². The highest BCUT2D eigenvalue weighted by molar-refractivity contribution is 5.67. The van der Waals surface area contributed by atoms with Crippen LogP contribution in [0.3, 0.4) is 0 Å². The zero-order valence-corrected chi connectivity index (χ0v) is 8.54. The summed E-state index contributed by atoms with van der Waals surface area (Å²) in [6.07, 6.45) is 11.1. The molecule has 0 rings (SSSR count). The zero-order valence-electron chi connectivity index (χ0n) is 8.54. The Hall–Kier alpha value is -0.850. The molecule has 1 nitrogen and oxygen atoms in total. The van der Waals surface area contributed by atoms with Gasteiger partial charge in [0.25, 0.3) is 0 Å². The molecule has 0 spiro atoms. The Morgan fingerprint density at radius 1 is 1.33 bits per heavy atom. The number of aliphatic imine (C=N–C) groups is 1. The van der Waals surface area contributed by atoms with E-state index < -0.39 is 0 Å². The Morgan fingerprint density at radius 3 is 2.50 bits per heavy atom. The monoisotopic (exact) mass is 165 g/mol. The van der Waals surface area contributed by atoms with Gasteiger partial charge in [0.05, 0.1) is 0 Å². The number of allylic oxidation sites excluding steroid dienone is 3. The minimum absolute atomic E-state index is 0.0789. The first kappa shape index (κ1) is 11.2. The van der Waals surface area contributed by atoms with Gasteiger partial charge in [-0.2, -0.15) is 0 Å². The first-order valence-corrected chi connectivity index (χ1v) is 4.45. The first-order chi connectivity index (χ1) is 5.62. The van der Waals surface area contributed by atoms with Gasteiger partial charge in [-0.1, -0.05) is 39.0 Å². The lowest BCUT2D eigenvalue weighted by Crippen LogP contribution is -2.08. The topological polar surface area (TPSA) is 12.4 Å². The largest absolute Gasteiger partial charge is 0.269 e. The van der Waals surface area contributed by atoms with Crippen LogP contribution in [0.1, 0.15) is 34.1 Å². The second-order valence-electron chi connectivity index (χ2n) is 3.39. The maximum absolute atomic E-state index is 4.16. The fourth-order valence-electron chi connectivity index (χ4n) is 0.786. The quantitative estimate of drug-likeness (QED) is 0.446. The van der Waals surface area contributed by atoms with Crippen molar-refractivity contribution in [2.45, 2.75) is 34.1 Å². The number of hydrogen-bond donors (Lipinski definition) is 0. The maximum Gasteiger partial charge on any atom is 0.0221 e. The number of rotatable bonds is 4. The molecule has 0 bridgehead atoms. The minimum atomic E-state index is 0.0789. The van der Waals surface area contributed by atoms with Gasteiger partial charge in [-0.15, -0.1) is 0 Å². The third kappa shape index (κ3) is 5.90. The molecule has 0 aromatic carbocycles. The van der Waals surface area contributed by atoms with Gasteiger partial charge < -0.3 is 0 Å². The summed E-state index contributed by atoms with van der Waals surface area (Å²) in [5.41, 5.74) is 0.0789. The summed E-state index contributed by atoms with van der Waals surface area (Å²) < 4.78 is 0. The molecule has 0 atom stereocenters. The SMILES string of the molecule is C/C=C/N=CC(C)(C)/C=C\CC. The summed E-state index contributed by atoms with van der Waals surface area (Å²) in [7, 11) is 0. The van der Waals surface area contributed by atoms with Gasteiger partial charge >= 0.3 is 0 Å². The normalized spacial score (nSPS) is 14.0. The highest BCUT2D eigenvalue weighted by atomic mass is 14.7. The highest BCUT2D eigenvalue weighted by Gasteiger charge is 2.08. The van der Waals surface area contributed by atoms with E-state index in [9.17, 15) is 0 Å². The van der Waals surface area contributed by atoms with Crippen molar-refractivity contribution in [1.29, 1.82) is 0 Å². The lowest BCUT2D eigenvalue weighted by molar-refractivity contribution is 0.690. The van der Waals surface area contributed by atoms with E-state index in [0.717, 1.165) is 6.42 Å². The van der Waals surface area contributed by atoms with Crippen molar-refractivity contribution in [1.82, 2.24) is 0 Å². The van der Waals surface area contributed by atoms with Gasteiger partial charge in [0, 0.05) is 17.8 Å². The van der Waals surface area contributed by atoms with Crippen LogP contribution in [0.4, 0.5) is 0 Å². The molecule has 0 saturated heterocycles. The van der Waals surface area contributed by atoms with Gasteiger partial charge in [0.1, 0.15) is 0 Å². The van der Waals surface area contributed by atoms with Crippen molar-refractivity contribution >= 4 is 6.21 Å². The van der Waals surface area contributed by atoms with Gasteiger partial charge in [0.2, 0.25) is 0 Å². The fraction of sp³-hybridized carbons (Fsp3) is 0.545. The van der Waals surface area contributed by atoms with Crippen LogP contribution in [0.15, 0.2) is 29.4 Å². The molecule has 12 heavy (non-hydrogen) atoms. The molecule has 0 aromatic rings. The summed E-state index contributed by atoms with van der Waals surface area (Å²) in [5.74, 6) is 0. The Balaban J connectivity index is 4.11. The third-order valence-corrected chi connectivity index (χ3v) is 1.43. The third-order valence-electron chi connectivity index (χ3n) is 1.43. The highest BCUT2D eigenvalue weighted by Crippen LogP contribution is 2.13. The molecule has 0 saturated carbocycles. The van der Waals surface area contributed by atoms with E-state index in [0.29, 0.717) is 0 Å². The number of nitrogens with zero attached hydrogens (tertiary/aromatic N) is 1. The van der Waals surface area contributed by atoms with Crippen LogP contribution in [0, 0.1) is 5.41 Å². The molecule has 0 aromatic heterocycles. The van der Waals surface area contributed by atoms with Crippen LogP contribution in [0.2, 0.25) is 0 Å². The standard InChI is InChI=1S/C11H19N/c1-5-7-8-11(3,4)10-12-9-6-2/h6-10H,5H2,1-4H3/b8-7-,9-6+,12-10?. The summed E-state index contributed by atoms with van der Waals surface area (Å²) in [6.45, 7) is 8.39. The van der Waals surface area contributed by atoms with Crippen molar-refractivity contribution in [3.8, 4) is 0 Å². The van der Waals surface area contributed by atoms with Crippen LogP contribution in [0.5, 0.6) is 0 Å². The second-order valence-corrected chi connectivity index (χ2v) is 3.39. The van der Waals surface area contributed by atoms with Gasteiger partial charge in [-0.3, -0.25) is 4.99 Å². The molecular formula is C11H19N. The van der Waals surface area contributed by atoms with Crippen LogP contribution < -0.4 is 0 Å². The Bertz CT molecular complexity index is 185. The Morgan fingerprint density at radius 2 is 2.00 bits per heavy atom. The molecule has 0 aliphatic rings. The molecule has 0 N–H and O–H groups in total. The molecule has 0 heterocycles. The predicted molar refractivity (Wildman–Crippen MR) is 56.5 cm³/mol. The van der Waals surface area contributed by atoms with Gasteiger partial charge in [-0.05, 0) is 13.3 Å². The Kier molecular flexibility index (Phi) is 5.35. The van der Waals surface area contributed by atoms with E-state index in [1.165, 1.54) is 0 Å². The minimum Gasteiger partial charge on any atom is -0.269 e. The summed E-state index contributed by atoms with van der Waals surface area (Å²) in [5, 5.41) is 0. The van der Waals surface area contributed by atoms with E-state index in [1.807, 2.05) is 25.4 Å². The average Bonchev–Trinajstić information content (AvgIpc) is 2.01. The number of hydrogen-bond acceptors (Lipinski definition) is 1. The molecular weight excluding hydrogens is 146 g/mol. The summed E-state index contributed by atoms with van der Waals surface area (Å²) in [4.78, 5) is 4.16. The van der Waals surface area contributed by atoms with Crippen molar-refractivity contribution in [2.75, 3.05) is 0 Å². The molecule has 0 radical (unpaired) electrons. The van der Waals surface area contributed by atoms with Gasteiger partial charge in [0.15, 0.2) is 0 Å². The van der Waals surface area contributed by atoms with Crippen molar-refractivity contribution in [3.63, 3.8) is 0 Å². The molecule has 0 aliphatic carbocycles. The maximum atomic E-state index is 4.16. The predicted octanol–water partition coefficient (Wildman–Crippen LogP) is 3.58. The molecule has 0 unspecified atom stereocenters. The van der Waals surface area contributed by atoms with Crippen molar-refractivity contribution in [3.05, 3.63) is 24.4 Å². The van der Waals surface area contributed by atoms with E-state index >= 15 is 0 Å². The zero-order chi connectivity index (χ0) is 9.45.